The van der Waals surface area contributed by atoms with Crippen LogP contribution in [0.25, 0.3) is 6.08 Å². The molecule has 0 atom stereocenters. The van der Waals surface area contributed by atoms with E-state index in [4.69, 9.17) is 4.74 Å². The van der Waals surface area contributed by atoms with E-state index in [1.165, 1.54) is 12.3 Å². The molecule has 16 heavy (non-hydrogen) atoms. The number of esters is 1. The number of halogens is 1. The van der Waals surface area contributed by atoms with Crippen molar-refractivity contribution < 1.29 is 13.9 Å². The monoisotopic (exact) mass is 223 g/mol. The van der Waals surface area contributed by atoms with Crippen molar-refractivity contribution in [2.24, 2.45) is 0 Å². The van der Waals surface area contributed by atoms with Crippen molar-refractivity contribution in [3.8, 4) is 0 Å². The average Bonchev–Trinajstić information content (AvgIpc) is 2.23. The van der Waals surface area contributed by atoms with Gasteiger partial charge in [-0.2, -0.15) is 4.39 Å². The van der Waals surface area contributed by atoms with E-state index in [1.54, 1.807) is 19.1 Å². The third kappa shape index (κ3) is 3.81. The second kappa shape index (κ2) is 6.00. The standard InChI is InChI=1S/C12H14FNO2/c1-3-16-11(15)6-4-5-10-7-9(2)8-14-12(10)13/h4-5,7-8H,3,6H2,1-2H3. The molecule has 0 saturated heterocycles. The fraction of sp³-hybridized carbons (Fsp3) is 0.333. The van der Waals surface area contributed by atoms with Gasteiger partial charge in [0.2, 0.25) is 5.95 Å². The second-order valence-electron chi connectivity index (χ2n) is 3.30. The lowest BCUT2D eigenvalue weighted by molar-refractivity contribution is -0.142. The topological polar surface area (TPSA) is 39.2 Å². The second-order valence-corrected chi connectivity index (χ2v) is 3.30. The third-order valence-corrected chi connectivity index (χ3v) is 1.89. The van der Waals surface area contributed by atoms with Gasteiger partial charge in [0.1, 0.15) is 0 Å². The predicted molar refractivity (Wildman–Crippen MR) is 59.2 cm³/mol. The maximum atomic E-state index is 13.2. The quantitative estimate of drug-likeness (QED) is 0.581. The minimum Gasteiger partial charge on any atom is -0.466 e. The molecule has 3 nitrogen and oxygen atoms in total. The summed E-state index contributed by atoms with van der Waals surface area (Å²) >= 11 is 0. The Balaban J connectivity index is 2.62. The van der Waals surface area contributed by atoms with Crippen molar-refractivity contribution in [1.82, 2.24) is 4.98 Å². The van der Waals surface area contributed by atoms with Crippen LogP contribution >= 0.6 is 0 Å². The van der Waals surface area contributed by atoms with E-state index in [0.717, 1.165) is 5.56 Å². The van der Waals surface area contributed by atoms with Crippen LogP contribution < -0.4 is 0 Å². The largest absolute Gasteiger partial charge is 0.466 e. The fourth-order valence-corrected chi connectivity index (χ4v) is 1.19. The van der Waals surface area contributed by atoms with Gasteiger partial charge in [0.15, 0.2) is 0 Å². The molecule has 1 rings (SSSR count). The summed E-state index contributed by atoms with van der Waals surface area (Å²) in [5.41, 5.74) is 1.25. The minimum absolute atomic E-state index is 0.140. The highest BCUT2D eigenvalue weighted by Gasteiger charge is 2.01. The Bertz CT molecular complexity index is 402. The van der Waals surface area contributed by atoms with Crippen LogP contribution in [0, 0.1) is 12.9 Å². The third-order valence-electron chi connectivity index (χ3n) is 1.89. The van der Waals surface area contributed by atoms with Crippen LogP contribution in [0.3, 0.4) is 0 Å². The Morgan fingerprint density at radius 3 is 3.06 bits per heavy atom. The lowest BCUT2D eigenvalue weighted by Gasteiger charge is -1.98. The Labute approximate surface area is 94.0 Å². The number of aryl methyl sites for hydroxylation is 1. The number of hydrogen-bond donors (Lipinski definition) is 0. The number of pyridine rings is 1. The molecule has 0 amide bonds. The molecule has 0 unspecified atom stereocenters. The maximum Gasteiger partial charge on any atom is 0.309 e. The Morgan fingerprint density at radius 1 is 1.62 bits per heavy atom. The summed E-state index contributed by atoms with van der Waals surface area (Å²) in [5, 5.41) is 0. The van der Waals surface area contributed by atoms with Gasteiger partial charge in [0, 0.05) is 11.8 Å². The van der Waals surface area contributed by atoms with Gasteiger partial charge in [-0.1, -0.05) is 12.2 Å². The lowest BCUT2D eigenvalue weighted by Crippen LogP contribution is -2.01. The minimum atomic E-state index is -0.536. The number of hydrogen-bond acceptors (Lipinski definition) is 3. The van der Waals surface area contributed by atoms with Crippen molar-refractivity contribution in [2.45, 2.75) is 20.3 Å². The van der Waals surface area contributed by atoms with Gasteiger partial charge in [-0.15, -0.1) is 0 Å². The van der Waals surface area contributed by atoms with Crippen LogP contribution in [0.15, 0.2) is 18.3 Å². The molecular weight excluding hydrogens is 209 g/mol. The molecule has 0 aromatic carbocycles. The zero-order valence-electron chi connectivity index (χ0n) is 9.37. The highest BCUT2D eigenvalue weighted by molar-refractivity contribution is 5.72. The molecule has 0 aliphatic heterocycles. The molecule has 0 fully saturated rings. The normalized spacial score (nSPS) is 10.7. The van der Waals surface area contributed by atoms with Gasteiger partial charge < -0.3 is 4.74 Å². The van der Waals surface area contributed by atoms with Crippen LogP contribution in [0.4, 0.5) is 4.39 Å². The molecule has 0 saturated carbocycles. The van der Waals surface area contributed by atoms with E-state index in [2.05, 4.69) is 4.98 Å². The maximum absolute atomic E-state index is 13.2. The average molecular weight is 223 g/mol. The number of ether oxygens (including phenoxy) is 1. The zero-order valence-corrected chi connectivity index (χ0v) is 9.37. The molecule has 0 N–H and O–H groups in total. The van der Waals surface area contributed by atoms with Crippen LogP contribution in [0.1, 0.15) is 24.5 Å². The lowest BCUT2D eigenvalue weighted by atomic mass is 10.2. The molecule has 86 valence electrons. The van der Waals surface area contributed by atoms with Crippen molar-refractivity contribution in [3.05, 3.63) is 35.4 Å². The molecule has 4 heteroatoms. The highest BCUT2D eigenvalue weighted by Crippen LogP contribution is 2.09. The molecule has 0 bridgehead atoms. The van der Waals surface area contributed by atoms with Gasteiger partial charge in [-0.25, -0.2) is 4.98 Å². The number of rotatable bonds is 4. The van der Waals surface area contributed by atoms with Gasteiger partial charge in [0.25, 0.3) is 0 Å². The Hall–Kier alpha value is -1.71. The van der Waals surface area contributed by atoms with Crippen molar-refractivity contribution in [3.63, 3.8) is 0 Å². The summed E-state index contributed by atoms with van der Waals surface area (Å²) in [7, 11) is 0. The molecule has 1 heterocycles. The van der Waals surface area contributed by atoms with E-state index in [1.807, 2.05) is 6.92 Å². The fourth-order valence-electron chi connectivity index (χ4n) is 1.19. The van der Waals surface area contributed by atoms with Crippen LogP contribution in [-0.2, 0) is 9.53 Å². The van der Waals surface area contributed by atoms with Crippen LogP contribution in [0.2, 0.25) is 0 Å². The van der Waals surface area contributed by atoms with Crippen molar-refractivity contribution >= 4 is 12.0 Å². The van der Waals surface area contributed by atoms with Gasteiger partial charge >= 0.3 is 5.97 Å². The van der Waals surface area contributed by atoms with Crippen LogP contribution in [0.5, 0.6) is 0 Å². The Morgan fingerprint density at radius 2 is 2.38 bits per heavy atom. The number of carbonyl (C=O) groups is 1. The summed E-state index contributed by atoms with van der Waals surface area (Å²) in [6, 6.07) is 1.67. The predicted octanol–water partition coefficient (Wildman–Crippen LogP) is 2.50. The van der Waals surface area contributed by atoms with E-state index >= 15 is 0 Å². The first-order valence-electron chi connectivity index (χ1n) is 5.07. The summed E-state index contributed by atoms with van der Waals surface area (Å²) in [6.45, 7) is 3.92. The molecule has 0 aliphatic rings. The van der Waals surface area contributed by atoms with Gasteiger partial charge in [-0.3, -0.25) is 4.79 Å². The highest BCUT2D eigenvalue weighted by atomic mass is 19.1. The van der Waals surface area contributed by atoms with Gasteiger partial charge in [-0.05, 0) is 25.5 Å². The summed E-state index contributed by atoms with van der Waals surface area (Å²) in [4.78, 5) is 14.6. The first kappa shape index (κ1) is 12.4. The van der Waals surface area contributed by atoms with Crippen molar-refractivity contribution in [2.75, 3.05) is 6.61 Å². The smallest absolute Gasteiger partial charge is 0.309 e. The summed E-state index contributed by atoms with van der Waals surface area (Å²) in [5.74, 6) is -0.856. The number of aromatic nitrogens is 1. The van der Waals surface area contributed by atoms with E-state index in [-0.39, 0.29) is 12.4 Å². The molecule has 0 aliphatic carbocycles. The van der Waals surface area contributed by atoms with Crippen LogP contribution in [-0.4, -0.2) is 17.6 Å². The Kier molecular flexibility index (Phi) is 4.64. The molecular formula is C12H14FNO2. The first-order chi connectivity index (χ1) is 7.63. The first-order valence-corrected chi connectivity index (χ1v) is 5.07. The molecule has 1 aromatic rings. The van der Waals surface area contributed by atoms with Crippen molar-refractivity contribution in [1.29, 1.82) is 0 Å². The van der Waals surface area contributed by atoms with E-state index in [9.17, 15) is 9.18 Å². The number of carbonyl (C=O) groups excluding carboxylic acids is 1. The molecule has 0 radical (unpaired) electrons. The van der Waals surface area contributed by atoms with Gasteiger partial charge in [0.05, 0.1) is 13.0 Å². The zero-order chi connectivity index (χ0) is 12.0. The molecule has 0 spiro atoms. The van der Waals surface area contributed by atoms with E-state index < -0.39 is 5.95 Å². The molecule has 1 aromatic heterocycles. The SMILES string of the molecule is CCOC(=O)CC=Cc1cc(C)cnc1F. The van der Waals surface area contributed by atoms with E-state index in [0.29, 0.717) is 12.2 Å². The summed E-state index contributed by atoms with van der Waals surface area (Å²) < 4.78 is 17.9. The number of nitrogens with zero attached hydrogens (tertiary/aromatic N) is 1. The summed E-state index contributed by atoms with van der Waals surface area (Å²) in [6.07, 6.45) is 4.70.